The van der Waals surface area contributed by atoms with E-state index < -0.39 is 0 Å². The first-order valence-electron chi connectivity index (χ1n) is 8.99. The molecular formula is C19H19N5O2S. The smallest absolute Gasteiger partial charge is 0.265 e. The average molecular weight is 381 g/mol. The van der Waals surface area contributed by atoms with Gasteiger partial charge in [0.25, 0.3) is 5.91 Å². The zero-order chi connectivity index (χ0) is 18.2. The Bertz CT molecular complexity index is 919. The SMILES string of the molecule is O=C1C(C(c2ccco2)N2CCN(c3ccccc3)CC2)Sc2ncnn21. The molecule has 1 fully saturated rings. The van der Waals surface area contributed by atoms with Crippen LogP contribution in [0.1, 0.15) is 16.6 Å². The van der Waals surface area contributed by atoms with Crippen molar-refractivity contribution in [3.05, 3.63) is 60.8 Å². The summed E-state index contributed by atoms with van der Waals surface area (Å²) in [4.78, 5) is 21.8. The summed E-state index contributed by atoms with van der Waals surface area (Å²) in [6, 6.07) is 14.2. The molecule has 3 aromatic rings. The molecule has 0 amide bonds. The molecule has 0 radical (unpaired) electrons. The minimum Gasteiger partial charge on any atom is -0.468 e. The minimum absolute atomic E-state index is 0.0283. The lowest BCUT2D eigenvalue weighted by Crippen LogP contribution is -2.50. The number of furan rings is 1. The van der Waals surface area contributed by atoms with Crippen molar-refractivity contribution in [2.24, 2.45) is 0 Å². The highest BCUT2D eigenvalue weighted by Gasteiger charge is 2.44. The molecule has 0 spiro atoms. The molecule has 1 saturated heterocycles. The van der Waals surface area contributed by atoms with Crippen molar-refractivity contribution in [3.8, 4) is 0 Å². The second-order valence-corrected chi connectivity index (χ2v) is 7.76. The first-order chi connectivity index (χ1) is 13.3. The molecular weight excluding hydrogens is 362 g/mol. The molecule has 7 nitrogen and oxygen atoms in total. The third-order valence-corrected chi connectivity index (χ3v) is 6.35. The number of thioether (sulfide) groups is 1. The van der Waals surface area contributed by atoms with Gasteiger partial charge in [0.15, 0.2) is 5.16 Å². The van der Waals surface area contributed by atoms with E-state index in [2.05, 4.69) is 44.1 Å². The summed E-state index contributed by atoms with van der Waals surface area (Å²) in [6.45, 7) is 3.55. The fourth-order valence-corrected chi connectivity index (χ4v) is 5.03. The quantitative estimate of drug-likeness (QED) is 0.688. The maximum atomic E-state index is 12.9. The van der Waals surface area contributed by atoms with E-state index >= 15 is 0 Å². The number of benzene rings is 1. The molecule has 2 aromatic heterocycles. The van der Waals surface area contributed by atoms with Gasteiger partial charge in [0.1, 0.15) is 17.3 Å². The molecule has 138 valence electrons. The number of hydrogen-bond donors (Lipinski definition) is 0. The number of carbonyl (C=O) groups excluding carboxylic acids is 1. The van der Waals surface area contributed by atoms with Crippen molar-refractivity contribution in [2.45, 2.75) is 16.4 Å². The number of fused-ring (bicyclic) bond motifs is 1. The lowest BCUT2D eigenvalue weighted by molar-refractivity contribution is 0.0813. The van der Waals surface area contributed by atoms with Crippen LogP contribution in [0.2, 0.25) is 0 Å². The topological polar surface area (TPSA) is 67.4 Å². The van der Waals surface area contributed by atoms with E-state index in [-0.39, 0.29) is 17.2 Å². The highest BCUT2D eigenvalue weighted by atomic mass is 32.2. The van der Waals surface area contributed by atoms with Crippen LogP contribution < -0.4 is 4.90 Å². The Morgan fingerprint density at radius 1 is 1.07 bits per heavy atom. The Balaban J connectivity index is 1.37. The third kappa shape index (κ3) is 2.94. The van der Waals surface area contributed by atoms with E-state index in [1.807, 2.05) is 18.2 Å². The van der Waals surface area contributed by atoms with E-state index in [1.54, 1.807) is 6.26 Å². The van der Waals surface area contributed by atoms with Crippen LogP contribution in [0.25, 0.3) is 0 Å². The van der Waals surface area contributed by atoms with Gasteiger partial charge in [-0.05, 0) is 24.3 Å². The van der Waals surface area contributed by atoms with Crippen molar-refractivity contribution < 1.29 is 9.21 Å². The number of nitrogens with zero attached hydrogens (tertiary/aromatic N) is 5. The van der Waals surface area contributed by atoms with Crippen molar-refractivity contribution in [1.82, 2.24) is 19.7 Å². The maximum absolute atomic E-state index is 12.9. The Morgan fingerprint density at radius 2 is 1.89 bits per heavy atom. The lowest BCUT2D eigenvalue weighted by Gasteiger charge is -2.40. The molecule has 2 unspecified atom stereocenters. The highest BCUT2D eigenvalue weighted by Crippen LogP contribution is 2.41. The molecule has 27 heavy (non-hydrogen) atoms. The Kier molecular flexibility index (Phi) is 4.21. The van der Waals surface area contributed by atoms with Gasteiger partial charge in [0.05, 0.1) is 12.3 Å². The molecule has 2 aliphatic heterocycles. The fraction of sp³-hybridized carbons (Fsp3) is 0.316. The van der Waals surface area contributed by atoms with Crippen LogP contribution in [0, 0.1) is 0 Å². The van der Waals surface area contributed by atoms with Gasteiger partial charge in [0, 0.05) is 31.9 Å². The highest BCUT2D eigenvalue weighted by molar-refractivity contribution is 8.00. The van der Waals surface area contributed by atoms with E-state index in [1.165, 1.54) is 28.5 Å². The summed E-state index contributed by atoms with van der Waals surface area (Å²) in [5.41, 5.74) is 1.24. The van der Waals surface area contributed by atoms with Crippen molar-refractivity contribution >= 4 is 23.4 Å². The normalized spacial score (nSPS) is 21.4. The van der Waals surface area contributed by atoms with Gasteiger partial charge in [-0.3, -0.25) is 9.69 Å². The zero-order valence-electron chi connectivity index (χ0n) is 14.6. The standard InChI is InChI=1S/C19H19N5O2S/c25-18-17(27-19-20-13-21-24(18)19)16(15-7-4-12-26-15)23-10-8-22(9-11-23)14-5-2-1-3-6-14/h1-7,12-13,16-17H,8-11H2. The van der Waals surface area contributed by atoms with Crippen LogP contribution in [0.15, 0.2) is 64.6 Å². The van der Waals surface area contributed by atoms with E-state index in [0.717, 1.165) is 31.9 Å². The van der Waals surface area contributed by atoms with Crippen LogP contribution in [0.5, 0.6) is 0 Å². The van der Waals surface area contributed by atoms with Crippen molar-refractivity contribution in [2.75, 3.05) is 31.1 Å². The van der Waals surface area contributed by atoms with Crippen LogP contribution in [-0.2, 0) is 0 Å². The summed E-state index contributed by atoms with van der Waals surface area (Å²) in [5.74, 6) is 0.791. The summed E-state index contributed by atoms with van der Waals surface area (Å²) >= 11 is 1.47. The van der Waals surface area contributed by atoms with Gasteiger partial charge in [-0.1, -0.05) is 30.0 Å². The van der Waals surface area contributed by atoms with Gasteiger partial charge >= 0.3 is 0 Å². The predicted molar refractivity (Wildman–Crippen MR) is 102 cm³/mol. The lowest BCUT2D eigenvalue weighted by atomic mass is 10.1. The molecule has 0 aliphatic carbocycles. The number of rotatable bonds is 4. The van der Waals surface area contributed by atoms with Gasteiger partial charge in [-0.25, -0.2) is 4.98 Å². The number of anilines is 1. The van der Waals surface area contributed by atoms with Crippen molar-refractivity contribution in [1.29, 1.82) is 0 Å². The number of hydrogen-bond acceptors (Lipinski definition) is 7. The second kappa shape index (κ2) is 6.86. The monoisotopic (exact) mass is 381 g/mol. The Morgan fingerprint density at radius 3 is 2.59 bits per heavy atom. The first kappa shape index (κ1) is 16.6. The molecule has 1 aromatic carbocycles. The third-order valence-electron chi connectivity index (χ3n) is 5.15. The molecule has 2 aliphatic rings. The van der Waals surface area contributed by atoms with E-state index in [4.69, 9.17) is 4.42 Å². The number of para-hydroxylation sites is 1. The molecule has 8 heteroatoms. The summed E-state index contributed by atoms with van der Waals surface area (Å²) < 4.78 is 7.13. The Labute approximate surface area is 161 Å². The fourth-order valence-electron chi connectivity index (χ4n) is 3.82. The number of carbonyl (C=O) groups is 1. The summed E-state index contributed by atoms with van der Waals surface area (Å²) in [7, 11) is 0. The molecule has 0 bridgehead atoms. The second-order valence-electron chi connectivity index (χ2n) is 6.65. The maximum Gasteiger partial charge on any atom is 0.265 e. The van der Waals surface area contributed by atoms with Crippen LogP contribution >= 0.6 is 11.8 Å². The summed E-state index contributed by atoms with van der Waals surface area (Å²) in [5, 5.41) is 4.43. The molecule has 2 atom stereocenters. The molecule has 5 rings (SSSR count). The van der Waals surface area contributed by atoms with Gasteiger partial charge in [0.2, 0.25) is 0 Å². The van der Waals surface area contributed by atoms with E-state index in [9.17, 15) is 4.79 Å². The van der Waals surface area contributed by atoms with Crippen LogP contribution in [-0.4, -0.2) is 57.0 Å². The van der Waals surface area contributed by atoms with Gasteiger partial charge < -0.3 is 9.32 Å². The van der Waals surface area contributed by atoms with Gasteiger partial charge in [-0.2, -0.15) is 9.78 Å². The number of piperazine rings is 1. The summed E-state index contributed by atoms with van der Waals surface area (Å²) in [6.07, 6.45) is 3.10. The van der Waals surface area contributed by atoms with Gasteiger partial charge in [-0.15, -0.1) is 0 Å². The first-order valence-corrected chi connectivity index (χ1v) is 9.87. The molecule has 0 saturated carbocycles. The predicted octanol–water partition coefficient (Wildman–Crippen LogP) is 2.55. The molecule has 4 heterocycles. The average Bonchev–Trinajstić information content (AvgIpc) is 3.45. The largest absolute Gasteiger partial charge is 0.468 e. The Hall–Kier alpha value is -2.58. The minimum atomic E-state index is -0.296. The zero-order valence-corrected chi connectivity index (χ0v) is 15.5. The number of aromatic nitrogens is 3. The van der Waals surface area contributed by atoms with Crippen molar-refractivity contribution in [3.63, 3.8) is 0 Å². The van der Waals surface area contributed by atoms with Crippen LogP contribution in [0.4, 0.5) is 5.69 Å². The molecule has 0 N–H and O–H groups in total. The van der Waals surface area contributed by atoms with Crippen LogP contribution in [0.3, 0.4) is 0 Å². The van der Waals surface area contributed by atoms with E-state index in [0.29, 0.717) is 5.16 Å².